The van der Waals surface area contributed by atoms with Gasteiger partial charge in [0.05, 0.1) is 26.4 Å². The van der Waals surface area contributed by atoms with E-state index in [9.17, 15) is 15.0 Å². The number of nitrogens with one attached hydrogen (secondary N) is 1. The van der Waals surface area contributed by atoms with Crippen LogP contribution in [-0.4, -0.2) is 58.1 Å². The Labute approximate surface area is 199 Å². The molecule has 1 aromatic heterocycles. The fraction of sp³-hybridized carbons (Fsp3) is 0.385. The van der Waals surface area contributed by atoms with Gasteiger partial charge in [0.1, 0.15) is 17.1 Å². The van der Waals surface area contributed by atoms with Gasteiger partial charge in [-0.2, -0.15) is 5.10 Å². The van der Waals surface area contributed by atoms with Gasteiger partial charge < -0.3 is 24.6 Å². The number of carbonyl (C=O) groups is 1. The summed E-state index contributed by atoms with van der Waals surface area (Å²) in [5.41, 5.74) is 4.58. The number of aliphatic hydroxyl groups is 1. The maximum atomic E-state index is 13.3. The molecule has 1 aliphatic rings. The fourth-order valence-electron chi connectivity index (χ4n) is 4.46. The van der Waals surface area contributed by atoms with E-state index in [1.54, 1.807) is 12.0 Å². The zero-order chi connectivity index (χ0) is 24.6. The van der Waals surface area contributed by atoms with Crippen LogP contribution in [0.3, 0.4) is 0 Å². The molecule has 8 heteroatoms. The van der Waals surface area contributed by atoms with Crippen LogP contribution >= 0.6 is 0 Å². The van der Waals surface area contributed by atoms with Crippen LogP contribution in [0.5, 0.6) is 17.2 Å². The third-order valence-electron chi connectivity index (χ3n) is 5.98. The second kappa shape index (κ2) is 9.38. The molecule has 0 spiro atoms. The molecule has 0 radical (unpaired) electrons. The number of aromatic amines is 1. The Bertz CT molecular complexity index is 1220. The summed E-state index contributed by atoms with van der Waals surface area (Å²) >= 11 is 0. The molecule has 0 fully saturated rings. The minimum absolute atomic E-state index is 0.127. The number of aromatic hydroxyl groups is 1. The van der Waals surface area contributed by atoms with E-state index in [1.807, 2.05) is 44.2 Å². The van der Waals surface area contributed by atoms with E-state index >= 15 is 0 Å². The number of fused-ring (bicyclic) bond motifs is 1. The average molecular weight is 466 g/mol. The lowest BCUT2D eigenvalue weighted by molar-refractivity contribution is 0.0706. The van der Waals surface area contributed by atoms with Crippen LogP contribution in [0.1, 0.15) is 52.6 Å². The summed E-state index contributed by atoms with van der Waals surface area (Å²) in [6.45, 7) is 8.44. The van der Waals surface area contributed by atoms with Crippen molar-refractivity contribution in [2.24, 2.45) is 5.92 Å². The van der Waals surface area contributed by atoms with Crippen LogP contribution in [0.2, 0.25) is 0 Å². The number of rotatable bonds is 8. The zero-order valence-electron chi connectivity index (χ0n) is 20.2. The highest BCUT2D eigenvalue weighted by atomic mass is 16.5. The van der Waals surface area contributed by atoms with Crippen molar-refractivity contribution in [1.82, 2.24) is 15.1 Å². The van der Waals surface area contributed by atoms with Gasteiger partial charge in [0.25, 0.3) is 5.91 Å². The largest absolute Gasteiger partial charge is 0.507 e. The lowest BCUT2D eigenvalue weighted by atomic mass is 9.94. The van der Waals surface area contributed by atoms with E-state index in [2.05, 4.69) is 24.0 Å². The van der Waals surface area contributed by atoms with Gasteiger partial charge in [-0.3, -0.25) is 9.89 Å². The van der Waals surface area contributed by atoms with Crippen molar-refractivity contribution in [3.63, 3.8) is 0 Å². The number of aliphatic hydroxyl groups excluding tert-OH is 1. The van der Waals surface area contributed by atoms with E-state index in [0.29, 0.717) is 46.5 Å². The molecule has 2 aromatic carbocycles. The van der Waals surface area contributed by atoms with Crippen molar-refractivity contribution in [3.8, 4) is 28.5 Å². The Hall–Kier alpha value is -3.52. The predicted octanol–water partition coefficient (Wildman–Crippen LogP) is 3.98. The third kappa shape index (κ3) is 4.09. The van der Waals surface area contributed by atoms with Crippen molar-refractivity contribution >= 4 is 5.91 Å². The maximum absolute atomic E-state index is 13.3. The molecule has 1 aliphatic heterocycles. The summed E-state index contributed by atoms with van der Waals surface area (Å²) in [4.78, 5) is 14.9. The molecule has 8 nitrogen and oxygen atoms in total. The molecule has 180 valence electrons. The van der Waals surface area contributed by atoms with Crippen molar-refractivity contribution < 1.29 is 24.5 Å². The van der Waals surface area contributed by atoms with Crippen LogP contribution in [0.4, 0.5) is 0 Å². The predicted molar refractivity (Wildman–Crippen MR) is 128 cm³/mol. The van der Waals surface area contributed by atoms with Gasteiger partial charge in [0.15, 0.2) is 11.5 Å². The number of benzene rings is 2. The first-order valence-electron chi connectivity index (χ1n) is 11.4. The number of amides is 1. The number of aryl methyl sites for hydroxylation is 2. The normalized spacial score (nSPS) is 15.2. The molecule has 0 aliphatic carbocycles. The van der Waals surface area contributed by atoms with Gasteiger partial charge >= 0.3 is 0 Å². The minimum Gasteiger partial charge on any atom is -0.507 e. The Balaban J connectivity index is 1.86. The number of methoxy groups -OCH3 is 1. The zero-order valence-corrected chi connectivity index (χ0v) is 20.2. The Morgan fingerprint density at radius 2 is 1.94 bits per heavy atom. The molecule has 34 heavy (non-hydrogen) atoms. The highest BCUT2D eigenvalue weighted by Gasteiger charge is 2.42. The quantitative estimate of drug-likeness (QED) is 0.464. The monoisotopic (exact) mass is 465 g/mol. The van der Waals surface area contributed by atoms with Crippen molar-refractivity contribution in [1.29, 1.82) is 0 Å². The SMILES string of the molecule is COc1cc(C2c3c(-c4cc(C)cc(C)c4O)n[nH]c3C(=O)N2CCO)ccc1OCC(C)C. The first kappa shape index (κ1) is 23.6. The molecular formula is C26H31N3O5. The second-order valence-electron chi connectivity index (χ2n) is 9.08. The number of aromatic nitrogens is 2. The van der Waals surface area contributed by atoms with E-state index in [4.69, 9.17) is 9.47 Å². The van der Waals surface area contributed by atoms with Gasteiger partial charge in [-0.25, -0.2) is 0 Å². The van der Waals surface area contributed by atoms with Crippen LogP contribution in [0, 0.1) is 19.8 Å². The van der Waals surface area contributed by atoms with E-state index in [-0.39, 0.29) is 24.8 Å². The summed E-state index contributed by atoms with van der Waals surface area (Å²) in [6, 6.07) is 8.83. The molecule has 1 unspecified atom stereocenters. The summed E-state index contributed by atoms with van der Waals surface area (Å²) in [5.74, 6) is 1.41. The number of hydrogen-bond donors (Lipinski definition) is 3. The number of phenols is 1. The lowest BCUT2D eigenvalue weighted by Crippen LogP contribution is -2.32. The topological polar surface area (TPSA) is 108 Å². The highest BCUT2D eigenvalue weighted by molar-refractivity contribution is 6.00. The van der Waals surface area contributed by atoms with Crippen LogP contribution < -0.4 is 9.47 Å². The summed E-state index contributed by atoms with van der Waals surface area (Å²) < 4.78 is 11.5. The number of phenolic OH excluding ortho intramolecular Hbond substituents is 1. The van der Waals surface area contributed by atoms with Gasteiger partial charge in [0, 0.05) is 17.7 Å². The van der Waals surface area contributed by atoms with Gasteiger partial charge in [-0.05, 0) is 54.7 Å². The fourth-order valence-corrected chi connectivity index (χ4v) is 4.46. The van der Waals surface area contributed by atoms with Gasteiger partial charge in [-0.15, -0.1) is 0 Å². The molecule has 3 N–H and O–H groups in total. The number of nitrogens with zero attached hydrogens (tertiary/aromatic N) is 2. The average Bonchev–Trinajstić information content (AvgIpc) is 3.34. The van der Waals surface area contributed by atoms with Crippen LogP contribution in [0.25, 0.3) is 11.3 Å². The van der Waals surface area contributed by atoms with Gasteiger partial charge in [-0.1, -0.05) is 26.0 Å². The summed E-state index contributed by atoms with van der Waals surface area (Å²) in [5, 5.41) is 27.8. The number of hydrogen-bond acceptors (Lipinski definition) is 6. The highest BCUT2D eigenvalue weighted by Crippen LogP contribution is 2.46. The number of H-pyrrole nitrogens is 1. The first-order valence-corrected chi connectivity index (χ1v) is 11.4. The molecule has 0 bridgehead atoms. The standard InChI is InChI=1S/C26H31N3O5/c1-14(2)13-34-19-7-6-17(12-20(19)33-5)24-21-22(18-11-15(3)10-16(4)25(18)31)27-28-23(21)26(32)29(24)8-9-30/h6-7,10-12,14,24,30-31H,8-9,13H2,1-5H3,(H,27,28). The molecule has 0 saturated carbocycles. The van der Waals surface area contributed by atoms with Crippen LogP contribution in [0.15, 0.2) is 30.3 Å². The third-order valence-corrected chi connectivity index (χ3v) is 5.98. The molecule has 1 atom stereocenters. The van der Waals surface area contributed by atoms with E-state index in [1.165, 1.54) is 0 Å². The molecule has 2 heterocycles. The van der Waals surface area contributed by atoms with Crippen LogP contribution in [-0.2, 0) is 0 Å². The maximum Gasteiger partial charge on any atom is 0.273 e. The molecule has 0 saturated heterocycles. The van der Waals surface area contributed by atoms with Crippen molar-refractivity contribution in [2.75, 3.05) is 26.9 Å². The van der Waals surface area contributed by atoms with E-state index in [0.717, 1.165) is 16.7 Å². The molecule has 3 aromatic rings. The Morgan fingerprint density at radius 1 is 1.18 bits per heavy atom. The van der Waals surface area contributed by atoms with E-state index < -0.39 is 6.04 Å². The lowest BCUT2D eigenvalue weighted by Gasteiger charge is -2.26. The Morgan fingerprint density at radius 3 is 2.62 bits per heavy atom. The number of carbonyl (C=O) groups excluding carboxylic acids is 1. The smallest absolute Gasteiger partial charge is 0.273 e. The van der Waals surface area contributed by atoms with Crippen molar-refractivity contribution in [3.05, 3.63) is 58.3 Å². The summed E-state index contributed by atoms with van der Waals surface area (Å²) in [6.07, 6.45) is 0. The number of β-amino-alcohol motifs (C(OH)–C–C–N with tert-alkyl or cyclic N) is 1. The molecular weight excluding hydrogens is 434 g/mol. The van der Waals surface area contributed by atoms with Crippen molar-refractivity contribution in [2.45, 2.75) is 33.7 Å². The molecule has 4 rings (SSSR count). The minimum atomic E-state index is -0.517. The second-order valence-corrected chi connectivity index (χ2v) is 9.08. The Kier molecular flexibility index (Phi) is 6.52. The summed E-state index contributed by atoms with van der Waals surface area (Å²) in [7, 11) is 1.58. The van der Waals surface area contributed by atoms with Gasteiger partial charge in [0.2, 0.25) is 0 Å². The molecule has 1 amide bonds. The first-order chi connectivity index (χ1) is 16.3. The number of ether oxygens (including phenoxy) is 2.